The van der Waals surface area contributed by atoms with Gasteiger partial charge in [0, 0.05) is 12.5 Å². The molecule has 1 heterocycles. The monoisotopic (exact) mass is 289 g/mol. The summed E-state index contributed by atoms with van der Waals surface area (Å²) >= 11 is 0. The fourth-order valence-corrected chi connectivity index (χ4v) is 1.78. The molecule has 0 aliphatic rings. The molecule has 0 saturated heterocycles. The zero-order valence-corrected chi connectivity index (χ0v) is 11.8. The highest BCUT2D eigenvalue weighted by Gasteiger charge is 2.14. The largest absolute Gasteiger partial charge is 0.490 e. The topological polar surface area (TPSA) is 91.3 Å². The van der Waals surface area contributed by atoms with Crippen LogP contribution in [0.15, 0.2) is 22.7 Å². The number of benzene rings is 1. The van der Waals surface area contributed by atoms with Gasteiger partial charge in [-0.15, -0.1) is 0 Å². The molecule has 0 bridgehead atoms. The van der Waals surface area contributed by atoms with Crippen LogP contribution in [0, 0.1) is 10.1 Å². The Kier molecular flexibility index (Phi) is 4.65. The molecule has 0 saturated carbocycles. The molecule has 110 valence electrons. The smallest absolute Gasteiger partial charge is 0.311 e. The lowest BCUT2D eigenvalue weighted by atomic mass is 10.1. The van der Waals surface area contributed by atoms with Crippen molar-refractivity contribution in [3.8, 4) is 5.75 Å². The number of aryl methyl sites for hydroxylation is 1. The van der Waals surface area contributed by atoms with Gasteiger partial charge in [0.1, 0.15) is 0 Å². The molecule has 0 amide bonds. The number of nitro benzene ring substituents is 1. The Labute approximate surface area is 121 Å². The summed E-state index contributed by atoms with van der Waals surface area (Å²) in [5.41, 5.74) is 0.573. The van der Waals surface area contributed by atoms with Crippen LogP contribution in [-0.2, 0) is 6.42 Å². The molecular weight excluding hydrogens is 274 g/mol. The molecule has 0 radical (unpaired) electrons. The highest BCUT2D eigenvalue weighted by molar-refractivity contribution is 5.69. The Balaban J connectivity index is 2.20. The summed E-state index contributed by atoms with van der Waals surface area (Å²) in [6, 6.07) is 4.70. The lowest BCUT2D eigenvalue weighted by Gasteiger charge is -2.01. The third-order valence-corrected chi connectivity index (χ3v) is 2.77. The number of ether oxygens (including phenoxy) is 1. The minimum absolute atomic E-state index is 0.0839. The van der Waals surface area contributed by atoms with Crippen LogP contribution in [0.3, 0.4) is 0 Å². The van der Waals surface area contributed by atoms with Gasteiger partial charge in [0.2, 0.25) is 5.89 Å². The van der Waals surface area contributed by atoms with Crippen molar-refractivity contribution in [3.63, 3.8) is 0 Å². The minimum Gasteiger partial charge on any atom is -0.490 e. The van der Waals surface area contributed by atoms with Gasteiger partial charge in [-0.3, -0.25) is 10.1 Å². The first-order chi connectivity index (χ1) is 10.1. The summed E-state index contributed by atoms with van der Waals surface area (Å²) in [5, 5.41) is 14.8. The Morgan fingerprint density at radius 2 is 2.24 bits per heavy atom. The van der Waals surface area contributed by atoms with Gasteiger partial charge < -0.3 is 9.26 Å². The Hall–Kier alpha value is -2.70. The first-order valence-corrected chi connectivity index (χ1v) is 6.47. The molecule has 2 rings (SSSR count). The second kappa shape index (κ2) is 6.65. The SMILES string of the molecule is CCCc1nc(C=Cc2ccc(OC)c([N+](=O)[O-])c2)no1. The van der Waals surface area contributed by atoms with E-state index in [0.29, 0.717) is 17.3 Å². The maximum atomic E-state index is 10.9. The number of hydrogen-bond donors (Lipinski definition) is 0. The summed E-state index contributed by atoms with van der Waals surface area (Å²) in [7, 11) is 1.40. The standard InChI is InChI=1S/C14H15N3O4/c1-3-4-14-15-13(16-21-14)8-6-10-5-7-12(20-2)11(9-10)17(18)19/h5-9H,3-4H2,1-2H3. The van der Waals surface area contributed by atoms with E-state index >= 15 is 0 Å². The summed E-state index contributed by atoms with van der Waals surface area (Å²) in [4.78, 5) is 14.6. The van der Waals surface area contributed by atoms with E-state index in [2.05, 4.69) is 10.1 Å². The number of rotatable bonds is 6. The van der Waals surface area contributed by atoms with Crippen LogP contribution in [0.1, 0.15) is 30.6 Å². The summed E-state index contributed by atoms with van der Waals surface area (Å²) in [5.74, 6) is 1.25. The van der Waals surface area contributed by atoms with Crippen LogP contribution >= 0.6 is 0 Å². The third-order valence-electron chi connectivity index (χ3n) is 2.77. The molecule has 0 atom stereocenters. The zero-order valence-electron chi connectivity index (χ0n) is 11.8. The van der Waals surface area contributed by atoms with E-state index in [0.717, 1.165) is 12.8 Å². The van der Waals surface area contributed by atoms with Gasteiger partial charge in [-0.25, -0.2) is 0 Å². The summed E-state index contributed by atoms with van der Waals surface area (Å²) < 4.78 is 10.0. The predicted octanol–water partition coefficient (Wildman–Crippen LogP) is 3.11. The summed E-state index contributed by atoms with van der Waals surface area (Å²) in [6.45, 7) is 2.02. The second-order valence-electron chi connectivity index (χ2n) is 4.32. The van der Waals surface area contributed by atoms with Crippen LogP contribution in [0.2, 0.25) is 0 Å². The van der Waals surface area contributed by atoms with Crippen molar-refractivity contribution in [3.05, 3.63) is 45.6 Å². The van der Waals surface area contributed by atoms with Crippen molar-refractivity contribution in [1.82, 2.24) is 10.1 Å². The van der Waals surface area contributed by atoms with Crippen LogP contribution in [0.4, 0.5) is 5.69 Å². The molecule has 7 nitrogen and oxygen atoms in total. The predicted molar refractivity (Wildman–Crippen MR) is 76.9 cm³/mol. The number of hydrogen-bond acceptors (Lipinski definition) is 6. The second-order valence-corrected chi connectivity index (χ2v) is 4.32. The van der Waals surface area contributed by atoms with Crippen molar-refractivity contribution in [2.75, 3.05) is 7.11 Å². The molecule has 0 spiro atoms. The number of nitrogens with zero attached hydrogens (tertiary/aromatic N) is 3. The normalized spacial score (nSPS) is 11.0. The van der Waals surface area contributed by atoms with Crippen molar-refractivity contribution in [1.29, 1.82) is 0 Å². The first kappa shape index (κ1) is 14.7. The molecule has 0 unspecified atom stereocenters. The van der Waals surface area contributed by atoms with Crippen LogP contribution in [0.5, 0.6) is 5.75 Å². The molecule has 0 aliphatic carbocycles. The van der Waals surface area contributed by atoms with Gasteiger partial charge in [-0.2, -0.15) is 4.98 Å². The van der Waals surface area contributed by atoms with Gasteiger partial charge in [0.15, 0.2) is 11.6 Å². The van der Waals surface area contributed by atoms with Crippen molar-refractivity contribution >= 4 is 17.8 Å². The van der Waals surface area contributed by atoms with Crippen molar-refractivity contribution in [2.45, 2.75) is 19.8 Å². The Morgan fingerprint density at radius 1 is 1.43 bits per heavy atom. The highest BCUT2D eigenvalue weighted by atomic mass is 16.6. The van der Waals surface area contributed by atoms with E-state index in [1.165, 1.54) is 13.2 Å². The molecule has 2 aromatic rings. The lowest BCUT2D eigenvalue weighted by Crippen LogP contribution is -1.93. The fraction of sp³-hybridized carbons (Fsp3) is 0.286. The van der Waals surface area contributed by atoms with E-state index < -0.39 is 4.92 Å². The van der Waals surface area contributed by atoms with Crippen LogP contribution in [-0.4, -0.2) is 22.2 Å². The van der Waals surface area contributed by atoms with Gasteiger partial charge in [0.05, 0.1) is 12.0 Å². The molecule has 21 heavy (non-hydrogen) atoms. The van der Waals surface area contributed by atoms with E-state index in [1.54, 1.807) is 24.3 Å². The minimum atomic E-state index is -0.482. The van der Waals surface area contributed by atoms with Crippen LogP contribution < -0.4 is 4.74 Å². The molecule has 0 fully saturated rings. The van der Waals surface area contributed by atoms with Gasteiger partial charge >= 0.3 is 5.69 Å². The maximum Gasteiger partial charge on any atom is 0.311 e. The summed E-state index contributed by atoms with van der Waals surface area (Å²) in [6.07, 6.45) is 4.99. The highest BCUT2D eigenvalue weighted by Crippen LogP contribution is 2.28. The van der Waals surface area contributed by atoms with E-state index in [9.17, 15) is 10.1 Å². The number of methoxy groups -OCH3 is 1. The quantitative estimate of drug-likeness (QED) is 0.599. The van der Waals surface area contributed by atoms with Crippen molar-refractivity contribution in [2.24, 2.45) is 0 Å². The molecule has 0 aliphatic heterocycles. The van der Waals surface area contributed by atoms with E-state index in [1.807, 2.05) is 6.92 Å². The Morgan fingerprint density at radius 3 is 2.90 bits per heavy atom. The lowest BCUT2D eigenvalue weighted by molar-refractivity contribution is -0.385. The molecular formula is C14H15N3O4. The third kappa shape index (κ3) is 3.65. The maximum absolute atomic E-state index is 10.9. The van der Waals surface area contributed by atoms with Crippen LogP contribution in [0.25, 0.3) is 12.2 Å². The molecule has 1 aromatic heterocycles. The van der Waals surface area contributed by atoms with Crippen molar-refractivity contribution < 1.29 is 14.2 Å². The Bertz CT molecular complexity index is 664. The molecule has 1 aromatic carbocycles. The number of aromatic nitrogens is 2. The average molecular weight is 289 g/mol. The fourth-order valence-electron chi connectivity index (χ4n) is 1.78. The molecule has 0 N–H and O–H groups in total. The van der Waals surface area contributed by atoms with Gasteiger partial charge in [-0.1, -0.05) is 24.2 Å². The first-order valence-electron chi connectivity index (χ1n) is 6.47. The molecule has 7 heteroatoms. The van der Waals surface area contributed by atoms with E-state index in [-0.39, 0.29) is 11.4 Å². The van der Waals surface area contributed by atoms with Gasteiger partial charge in [-0.05, 0) is 24.1 Å². The zero-order chi connectivity index (χ0) is 15.2. The van der Waals surface area contributed by atoms with E-state index in [4.69, 9.17) is 9.26 Å². The average Bonchev–Trinajstić information content (AvgIpc) is 2.93. The van der Waals surface area contributed by atoms with Gasteiger partial charge in [0.25, 0.3) is 0 Å². The number of nitro groups is 1.